The van der Waals surface area contributed by atoms with E-state index in [-0.39, 0.29) is 0 Å². The lowest BCUT2D eigenvalue weighted by molar-refractivity contribution is 0.180. The molecule has 1 saturated carbocycles. The molecule has 0 saturated heterocycles. The minimum absolute atomic E-state index is 0.837. The van der Waals surface area contributed by atoms with Crippen molar-refractivity contribution < 1.29 is 4.74 Å². The van der Waals surface area contributed by atoms with Crippen LogP contribution in [-0.2, 0) is 4.74 Å². The summed E-state index contributed by atoms with van der Waals surface area (Å²) in [6.07, 6.45) is 8.78. The highest BCUT2D eigenvalue weighted by Crippen LogP contribution is 2.29. The molecule has 2 rings (SSSR count). The molecule has 2 aliphatic rings. The second kappa shape index (κ2) is 2.99. The van der Waals surface area contributed by atoms with E-state index in [4.69, 9.17) is 4.74 Å². The van der Waals surface area contributed by atoms with Crippen LogP contribution >= 0.6 is 0 Å². The molecule has 2 nitrogen and oxygen atoms in total. The van der Waals surface area contributed by atoms with E-state index in [9.17, 15) is 0 Å². The fourth-order valence-corrected chi connectivity index (χ4v) is 1.03. The van der Waals surface area contributed by atoms with Crippen molar-refractivity contribution in [3.05, 3.63) is 24.1 Å². The van der Waals surface area contributed by atoms with E-state index in [2.05, 4.69) is 11.4 Å². The summed E-state index contributed by atoms with van der Waals surface area (Å²) in [7, 11) is 0. The van der Waals surface area contributed by atoms with Crippen molar-refractivity contribution in [3.8, 4) is 0 Å². The van der Waals surface area contributed by atoms with Gasteiger partial charge in [-0.15, -0.1) is 0 Å². The van der Waals surface area contributed by atoms with Gasteiger partial charge >= 0.3 is 0 Å². The molecular weight excluding hydrogens is 138 g/mol. The number of hydrogen-bond donors (Lipinski definition) is 1. The Bertz CT molecular complexity index is 192. The molecule has 0 amide bonds. The van der Waals surface area contributed by atoms with Crippen LogP contribution in [0.15, 0.2) is 24.1 Å². The predicted molar refractivity (Wildman–Crippen MR) is 43.9 cm³/mol. The van der Waals surface area contributed by atoms with Gasteiger partial charge < -0.3 is 10.1 Å². The Balaban J connectivity index is 1.75. The Morgan fingerprint density at radius 2 is 2.45 bits per heavy atom. The molecule has 2 heteroatoms. The Labute approximate surface area is 66.9 Å². The highest BCUT2D eigenvalue weighted by molar-refractivity contribution is 5.12. The van der Waals surface area contributed by atoms with E-state index in [1.165, 1.54) is 12.8 Å². The summed E-state index contributed by atoms with van der Waals surface area (Å²) >= 11 is 0. The van der Waals surface area contributed by atoms with E-state index >= 15 is 0 Å². The van der Waals surface area contributed by atoms with E-state index in [0.717, 1.165) is 25.0 Å². The summed E-state index contributed by atoms with van der Waals surface area (Å²) in [5, 5.41) is 3.15. The first-order valence-corrected chi connectivity index (χ1v) is 4.18. The fraction of sp³-hybridized carbons (Fsp3) is 0.556. The smallest absolute Gasteiger partial charge is 0.186 e. The molecule has 0 radical (unpaired) electrons. The molecule has 1 aliphatic heterocycles. The molecule has 1 heterocycles. The standard InChI is InChI=1S/C9H13NO/c1-2-6-10-9(3-1)11-7-8-4-5-8/h1-3,8,10H,4-7H2. The largest absolute Gasteiger partial charge is 0.479 e. The lowest BCUT2D eigenvalue weighted by Crippen LogP contribution is -2.18. The summed E-state index contributed by atoms with van der Waals surface area (Å²) in [6.45, 7) is 1.79. The van der Waals surface area contributed by atoms with Crippen molar-refractivity contribution in [2.24, 2.45) is 5.92 Å². The van der Waals surface area contributed by atoms with E-state index < -0.39 is 0 Å². The summed E-state index contributed by atoms with van der Waals surface area (Å²) < 4.78 is 5.51. The van der Waals surface area contributed by atoms with Crippen molar-refractivity contribution >= 4 is 0 Å². The molecule has 0 aromatic rings. The Morgan fingerprint density at radius 3 is 3.09 bits per heavy atom. The second-order valence-corrected chi connectivity index (χ2v) is 3.09. The predicted octanol–water partition coefficient (Wildman–Crippen LogP) is 1.41. The van der Waals surface area contributed by atoms with Gasteiger partial charge in [0.1, 0.15) is 0 Å². The first-order chi connectivity index (χ1) is 5.45. The first-order valence-electron chi connectivity index (χ1n) is 4.18. The first kappa shape index (κ1) is 6.77. The molecule has 0 atom stereocenters. The van der Waals surface area contributed by atoms with Crippen LogP contribution in [0.2, 0.25) is 0 Å². The van der Waals surface area contributed by atoms with Gasteiger partial charge in [0.05, 0.1) is 6.61 Å². The van der Waals surface area contributed by atoms with E-state index in [0.29, 0.717) is 0 Å². The molecule has 1 aliphatic carbocycles. The van der Waals surface area contributed by atoms with Gasteiger partial charge in [-0.25, -0.2) is 0 Å². The minimum Gasteiger partial charge on any atom is -0.479 e. The molecule has 1 fully saturated rings. The lowest BCUT2D eigenvalue weighted by atomic mass is 10.4. The number of hydrogen-bond acceptors (Lipinski definition) is 2. The molecule has 0 aromatic carbocycles. The quantitative estimate of drug-likeness (QED) is 0.658. The van der Waals surface area contributed by atoms with Gasteiger partial charge in [-0.05, 0) is 24.8 Å². The Kier molecular flexibility index (Phi) is 1.84. The monoisotopic (exact) mass is 151 g/mol. The third-order valence-electron chi connectivity index (χ3n) is 1.95. The number of dihydropyridines is 1. The van der Waals surface area contributed by atoms with Gasteiger partial charge in [-0.2, -0.15) is 0 Å². The average molecular weight is 151 g/mol. The van der Waals surface area contributed by atoms with Crippen molar-refractivity contribution in [1.82, 2.24) is 5.32 Å². The molecule has 60 valence electrons. The maximum atomic E-state index is 5.51. The van der Waals surface area contributed by atoms with Crippen LogP contribution in [0.1, 0.15) is 12.8 Å². The maximum absolute atomic E-state index is 5.51. The molecule has 11 heavy (non-hydrogen) atoms. The molecule has 1 N–H and O–H groups in total. The normalized spacial score (nSPS) is 22.4. The van der Waals surface area contributed by atoms with Crippen LogP contribution in [0.4, 0.5) is 0 Å². The van der Waals surface area contributed by atoms with E-state index in [1.54, 1.807) is 0 Å². The van der Waals surface area contributed by atoms with Crippen LogP contribution in [-0.4, -0.2) is 13.2 Å². The topological polar surface area (TPSA) is 21.3 Å². The highest BCUT2D eigenvalue weighted by atomic mass is 16.5. The molecular formula is C9H13NO. The summed E-state index contributed by atoms with van der Waals surface area (Å²) in [5.41, 5.74) is 0. The molecule has 0 spiro atoms. The fourth-order valence-electron chi connectivity index (χ4n) is 1.03. The minimum atomic E-state index is 0.837. The SMILES string of the molecule is C1=CCNC(OCC2CC2)=C1. The van der Waals surface area contributed by atoms with Crippen molar-refractivity contribution in [2.45, 2.75) is 12.8 Å². The van der Waals surface area contributed by atoms with Crippen LogP contribution < -0.4 is 5.32 Å². The summed E-state index contributed by atoms with van der Waals surface area (Å²) in [4.78, 5) is 0. The van der Waals surface area contributed by atoms with Gasteiger partial charge in [0.25, 0.3) is 0 Å². The van der Waals surface area contributed by atoms with Crippen LogP contribution in [0.5, 0.6) is 0 Å². The molecule has 0 bridgehead atoms. The van der Waals surface area contributed by atoms with Gasteiger partial charge in [0.2, 0.25) is 0 Å². The zero-order valence-corrected chi connectivity index (χ0v) is 6.55. The van der Waals surface area contributed by atoms with Gasteiger partial charge in [0, 0.05) is 6.54 Å². The third kappa shape index (κ3) is 2.00. The van der Waals surface area contributed by atoms with Crippen LogP contribution in [0, 0.1) is 5.92 Å². The van der Waals surface area contributed by atoms with Crippen LogP contribution in [0.25, 0.3) is 0 Å². The Hall–Kier alpha value is -0.920. The van der Waals surface area contributed by atoms with Crippen LogP contribution in [0.3, 0.4) is 0 Å². The molecule has 0 unspecified atom stereocenters. The zero-order chi connectivity index (χ0) is 7.52. The van der Waals surface area contributed by atoms with Crippen molar-refractivity contribution in [3.63, 3.8) is 0 Å². The molecule has 0 aromatic heterocycles. The highest BCUT2D eigenvalue weighted by Gasteiger charge is 2.22. The van der Waals surface area contributed by atoms with Gasteiger partial charge in [-0.3, -0.25) is 0 Å². The third-order valence-corrected chi connectivity index (χ3v) is 1.95. The summed E-state index contributed by atoms with van der Waals surface area (Å²) in [6, 6.07) is 0. The zero-order valence-electron chi connectivity index (χ0n) is 6.55. The second-order valence-electron chi connectivity index (χ2n) is 3.09. The number of nitrogens with one attached hydrogen (secondary N) is 1. The van der Waals surface area contributed by atoms with Gasteiger partial charge in [-0.1, -0.05) is 12.2 Å². The number of allylic oxidation sites excluding steroid dienone is 2. The van der Waals surface area contributed by atoms with Crippen molar-refractivity contribution in [1.29, 1.82) is 0 Å². The maximum Gasteiger partial charge on any atom is 0.186 e. The van der Waals surface area contributed by atoms with Gasteiger partial charge in [0.15, 0.2) is 5.88 Å². The average Bonchev–Trinajstić information content (AvgIpc) is 2.86. The summed E-state index contributed by atoms with van der Waals surface area (Å²) in [5.74, 6) is 1.77. The lowest BCUT2D eigenvalue weighted by Gasteiger charge is -2.12. The van der Waals surface area contributed by atoms with Crippen molar-refractivity contribution in [2.75, 3.05) is 13.2 Å². The number of ether oxygens (including phenoxy) is 1. The number of rotatable bonds is 3. The van der Waals surface area contributed by atoms with E-state index in [1.807, 2.05) is 12.2 Å². The Morgan fingerprint density at radius 1 is 1.55 bits per heavy atom.